The maximum Gasteiger partial charge on any atom is 0.0498 e. The zero-order chi connectivity index (χ0) is 4.41. The molecule has 0 aliphatic carbocycles. The fourth-order valence-corrected chi connectivity index (χ4v) is 0.363. The standard InChI is InChI=1S/C5H7N/c1-2-5-3-6-4-5/h2-3,5H,1,4H2. The quantitative estimate of drug-likeness (QED) is 0.415. The van der Waals surface area contributed by atoms with Gasteiger partial charge in [0, 0.05) is 18.7 Å². The average Bonchev–Trinajstić information content (AvgIpc) is 1.31. The minimum atomic E-state index is 0.588. The Bertz CT molecular complexity index is 83.9. The van der Waals surface area contributed by atoms with Gasteiger partial charge in [0.25, 0.3) is 0 Å². The van der Waals surface area contributed by atoms with E-state index < -0.39 is 0 Å². The fraction of sp³-hybridized carbons (Fsp3) is 0.400. The summed E-state index contributed by atoms with van der Waals surface area (Å²) < 4.78 is 0. The van der Waals surface area contributed by atoms with Gasteiger partial charge in [-0.15, -0.1) is 6.58 Å². The second-order valence-corrected chi connectivity index (χ2v) is 1.41. The maximum atomic E-state index is 3.87. The summed E-state index contributed by atoms with van der Waals surface area (Å²) in [6, 6.07) is 0. The third-order valence-electron chi connectivity index (χ3n) is 0.916. The number of hydrogen-bond acceptors (Lipinski definition) is 1. The summed E-state index contributed by atoms with van der Waals surface area (Å²) in [7, 11) is 0. The van der Waals surface area contributed by atoms with E-state index in [2.05, 4.69) is 11.6 Å². The molecule has 0 aromatic heterocycles. The molecule has 1 nitrogen and oxygen atoms in total. The Morgan fingerprint density at radius 1 is 2.00 bits per heavy atom. The predicted molar refractivity (Wildman–Crippen MR) is 27.0 cm³/mol. The first-order valence-corrected chi connectivity index (χ1v) is 2.06. The van der Waals surface area contributed by atoms with Crippen molar-refractivity contribution in [2.75, 3.05) is 6.54 Å². The number of aliphatic imine (C=N–C) groups is 1. The van der Waals surface area contributed by atoms with Crippen LogP contribution in [-0.4, -0.2) is 12.8 Å². The van der Waals surface area contributed by atoms with Gasteiger partial charge in [0.05, 0.1) is 0 Å². The molecule has 1 aliphatic heterocycles. The second kappa shape index (κ2) is 1.25. The van der Waals surface area contributed by atoms with Gasteiger partial charge >= 0.3 is 0 Å². The molecule has 6 heavy (non-hydrogen) atoms. The number of rotatable bonds is 1. The first-order valence-electron chi connectivity index (χ1n) is 2.06. The molecule has 1 heteroatoms. The molecule has 0 aromatic rings. The molecule has 0 radical (unpaired) electrons. The molecule has 1 heterocycles. The van der Waals surface area contributed by atoms with Crippen LogP contribution in [0.2, 0.25) is 0 Å². The molecule has 1 unspecified atom stereocenters. The van der Waals surface area contributed by atoms with Gasteiger partial charge in [0.15, 0.2) is 0 Å². The van der Waals surface area contributed by atoms with Crippen molar-refractivity contribution in [2.24, 2.45) is 10.9 Å². The molecular weight excluding hydrogens is 74.1 g/mol. The Kier molecular flexibility index (Phi) is 0.748. The normalized spacial score (nSPS) is 29.0. The van der Waals surface area contributed by atoms with Crippen LogP contribution in [0.5, 0.6) is 0 Å². The van der Waals surface area contributed by atoms with Gasteiger partial charge in [-0.2, -0.15) is 0 Å². The van der Waals surface area contributed by atoms with Crippen LogP contribution in [0.4, 0.5) is 0 Å². The molecule has 0 fully saturated rings. The molecule has 0 spiro atoms. The molecule has 0 saturated heterocycles. The highest BCUT2D eigenvalue weighted by Gasteiger charge is 2.03. The SMILES string of the molecule is C=CC1C=NC1. The van der Waals surface area contributed by atoms with Crippen LogP contribution in [-0.2, 0) is 0 Å². The Morgan fingerprint density at radius 3 is 2.67 bits per heavy atom. The van der Waals surface area contributed by atoms with E-state index in [1.807, 2.05) is 12.3 Å². The van der Waals surface area contributed by atoms with E-state index >= 15 is 0 Å². The molecule has 1 rings (SSSR count). The third kappa shape index (κ3) is 0.361. The summed E-state index contributed by atoms with van der Waals surface area (Å²) in [4.78, 5) is 3.87. The highest BCUT2D eigenvalue weighted by atomic mass is 14.8. The largest absolute Gasteiger partial charge is 0.296 e. The lowest BCUT2D eigenvalue weighted by Gasteiger charge is -2.08. The van der Waals surface area contributed by atoms with Gasteiger partial charge in [-0.05, 0) is 0 Å². The topological polar surface area (TPSA) is 12.4 Å². The molecular formula is C5H7N. The lowest BCUT2D eigenvalue weighted by Crippen LogP contribution is -2.11. The monoisotopic (exact) mass is 81.1 g/mol. The number of hydrogen-bond donors (Lipinski definition) is 0. The van der Waals surface area contributed by atoms with Crippen LogP contribution in [0.15, 0.2) is 17.6 Å². The van der Waals surface area contributed by atoms with E-state index in [0.717, 1.165) is 6.54 Å². The van der Waals surface area contributed by atoms with Crippen molar-refractivity contribution in [1.82, 2.24) is 0 Å². The maximum absolute atomic E-state index is 3.87. The first-order chi connectivity index (χ1) is 2.93. The molecule has 0 amide bonds. The van der Waals surface area contributed by atoms with E-state index in [9.17, 15) is 0 Å². The highest BCUT2D eigenvalue weighted by molar-refractivity contribution is 5.68. The van der Waals surface area contributed by atoms with Crippen molar-refractivity contribution in [3.8, 4) is 0 Å². The molecule has 0 saturated carbocycles. The van der Waals surface area contributed by atoms with Gasteiger partial charge in [0.2, 0.25) is 0 Å². The Labute approximate surface area is 37.4 Å². The summed E-state index contributed by atoms with van der Waals surface area (Å²) in [5, 5.41) is 0. The van der Waals surface area contributed by atoms with Gasteiger partial charge in [-0.3, -0.25) is 4.99 Å². The Hall–Kier alpha value is -0.590. The third-order valence-corrected chi connectivity index (χ3v) is 0.916. The van der Waals surface area contributed by atoms with Gasteiger partial charge in [0.1, 0.15) is 0 Å². The van der Waals surface area contributed by atoms with E-state index in [0.29, 0.717) is 5.92 Å². The smallest absolute Gasteiger partial charge is 0.0498 e. The average molecular weight is 81.1 g/mol. The first kappa shape index (κ1) is 3.59. The van der Waals surface area contributed by atoms with Gasteiger partial charge in [-0.1, -0.05) is 6.08 Å². The molecule has 0 aromatic carbocycles. The van der Waals surface area contributed by atoms with Gasteiger partial charge in [-0.25, -0.2) is 0 Å². The summed E-state index contributed by atoms with van der Waals surface area (Å²) in [6.45, 7) is 4.55. The zero-order valence-electron chi connectivity index (χ0n) is 3.59. The summed E-state index contributed by atoms with van der Waals surface area (Å²) >= 11 is 0. The minimum absolute atomic E-state index is 0.588. The van der Waals surface area contributed by atoms with E-state index in [4.69, 9.17) is 0 Å². The van der Waals surface area contributed by atoms with Crippen molar-refractivity contribution in [1.29, 1.82) is 0 Å². The lowest BCUT2D eigenvalue weighted by molar-refractivity contribution is 0.811. The van der Waals surface area contributed by atoms with Crippen LogP contribution in [0.1, 0.15) is 0 Å². The highest BCUT2D eigenvalue weighted by Crippen LogP contribution is 2.02. The van der Waals surface area contributed by atoms with Crippen molar-refractivity contribution in [3.63, 3.8) is 0 Å². The minimum Gasteiger partial charge on any atom is -0.296 e. The molecule has 32 valence electrons. The van der Waals surface area contributed by atoms with Crippen molar-refractivity contribution >= 4 is 6.21 Å². The van der Waals surface area contributed by atoms with Crippen LogP contribution >= 0.6 is 0 Å². The van der Waals surface area contributed by atoms with Crippen LogP contribution in [0.25, 0.3) is 0 Å². The van der Waals surface area contributed by atoms with Crippen LogP contribution in [0, 0.1) is 5.92 Å². The second-order valence-electron chi connectivity index (χ2n) is 1.41. The fourth-order valence-electron chi connectivity index (χ4n) is 0.363. The molecule has 1 aliphatic rings. The lowest BCUT2D eigenvalue weighted by atomic mass is 10.1. The molecule has 1 atom stereocenters. The summed E-state index contributed by atoms with van der Waals surface area (Å²) in [5.41, 5.74) is 0. The van der Waals surface area contributed by atoms with Crippen LogP contribution in [0.3, 0.4) is 0 Å². The van der Waals surface area contributed by atoms with Gasteiger partial charge < -0.3 is 0 Å². The zero-order valence-corrected chi connectivity index (χ0v) is 3.59. The van der Waals surface area contributed by atoms with Crippen molar-refractivity contribution < 1.29 is 0 Å². The van der Waals surface area contributed by atoms with Crippen LogP contribution < -0.4 is 0 Å². The molecule has 0 N–H and O–H groups in total. The molecule has 0 bridgehead atoms. The van der Waals surface area contributed by atoms with E-state index in [1.54, 1.807) is 0 Å². The summed E-state index contributed by atoms with van der Waals surface area (Å²) in [6.07, 6.45) is 3.82. The predicted octanol–water partition coefficient (Wildman–Crippen LogP) is 0.873. The van der Waals surface area contributed by atoms with Crippen molar-refractivity contribution in [3.05, 3.63) is 12.7 Å². The van der Waals surface area contributed by atoms with E-state index in [-0.39, 0.29) is 0 Å². The number of nitrogens with zero attached hydrogens (tertiary/aromatic N) is 1. The van der Waals surface area contributed by atoms with Crippen molar-refractivity contribution in [2.45, 2.75) is 0 Å². The van der Waals surface area contributed by atoms with E-state index in [1.165, 1.54) is 0 Å². The summed E-state index contributed by atoms with van der Waals surface area (Å²) in [5.74, 6) is 0.588. The Morgan fingerprint density at radius 2 is 2.67 bits per heavy atom. The Balaban J connectivity index is 2.39.